The number of nitrogens with zero attached hydrogens (tertiary/aromatic N) is 3. The number of aryl methyl sites for hydroxylation is 1. The SMILES string of the molecule is CCCCc1ncc(C(OC(C)=O)C(Cc2cccs2)C(=O)OC)n1Cc1ccc(C(=O)OC)cn1. The molecule has 0 amide bonds. The molecule has 0 N–H and O–H groups in total. The van der Waals surface area contributed by atoms with Crippen LogP contribution in [-0.4, -0.2) is 46.7 Å². The lowest BCUT2D eigenvalue weighted by Gasteiger charge is -2.26. The van der Waals surface area contributed by atoms with Gasteiger partial charge in [0.25, 0.3) is 0 Å². The maximum Gasteiger partial charge on any atom is 0.339 e. The number of imidazole rings is 1. The van der Waals surface area contributed by atoms with Crippen molar-refractivity contribution in [3.8, 4) is 0 Å². The summed E-state index contributed by atoms with van der Waals surface area (Å²) in [5.41, 5.74) is 1.61. The lowest BCUT2D eigenvalue weighted by molar-refractivity contribution is -0.160. The second-order valence-corrected chi connectivity index (χ2v) is 9.29. The Hall–Kier alpha value is -3.53. The van der Waals surface area contributed by atoms with Crippen LogP contribution in [0.3, 0.4) is 0 Å². The molecule has 3 rings (SSSR count). The Morgan fingerprint density at radius 2 is 1.89 bits per heavy atom. The molecule has 0 spiro atoms. The van der Waals surface area contributed by atoms with E-state index in [2.05, 4.69) is 16.9 Å². The number of rotatable bonds is 12. The molecule has 0 fully saturated rings. The first-order valence-corrected chi connectivity index (χ1v) is 12.6. The van der Waals surface area contributed by atoms with Crippen molar-refractivity contribution in [1.82, 2.24) is 14.5 Å². The summed E-state index contributed by atoms with van der Waals surface area (Å²) in [7, 11) is 2.64. The standard InChI is InChI=1S/C26H31N3O6S/c1-5-6-9-23-28-15-22(29(23)16-19-11-10-18(14-27-19)25(31)33-3)24(35-17(2)30)21(26(32)34-4)13-20-8-7-12-36-20/h7-8,10-12,14-15,21,24H,5-6,9,13,16H2,1-4H3. The normalized spacial score (nSPS) is 12.6. The highest BCUT2D eigenvalue weighted by molar-refractivity contribution is 7.09. The van der Waals surface area contributed by atoms with Crippen LogP contribution in [0.2, 0.25) is 0 Å². The van der Waals surface area contributed by atoms with Crippen LogP contribution in [0.4, 0.5) is 0 Å². The monoisotopic (exact) mass is 513 g/mol. The highest BCUT2D eigenvalue weighted by atomic mass is 32.1. The minimum absolute atomic E-state index is 0.320. The summed E-state index contributed by atoms with van der Waals surface area (Å²) in [4.78, 5) is 46.9. The lowest BCUT2D eigenvalue weighted by atomic mass is 9.95. The van der Waals surface area contributed by atoms with E-state index < -0.39 is 29.9 Å². The zero-order chi connectivity index (χ0) is 26.1. The van der Waals surface area contributed by atoms with E-state index in [4.69, 9.17) is 14.2 Å². The van der Waals surface area contributed by atoms with Gasteiger partial charge in [-0.2, -0.15) is 0 Å². The van der Waals surface area contributed by atoms with Crippen LogP contribution in [-0.2, 0) is 43.2 Å². The van der Waals surface area contributed by atoms with Crippen LogP contribution in [0.5, 0.6) is 0 Å². The van der Waals surface area contributed by atoms with Crippen molar-refractivity contribution in [3.05, 3.63) is 69.7 Å². The molecule has 2 atom stereocenters. The fraction of sp³-hybridized carbons (Fsp3) is 0.423. The maximum absolute atomic E-state index is 12.9. The van der Waals surface area contributed by atoms with Crippen molar-refractivity contribution < 1.29 is 28.6 Å². The summed E-state index contributed by atoms with van der Waals surface area (Å²) >= 11 is 1.52. The number of hydrogen-bond acceptors (Lipinski definition) is 9. The topological polar surface area (TPSA) is 110 Å². The van der Waals surface area contributed by atoms with Crippen LogP contribution in [0.1, 0.15) is 65.2 Å². The van der Waals surface area contributed by atoms with Crippen molar-refractivity contribution in [2.45, 2.75) is 52.2 Å². The van der Waals surface area contributed by atoms with Crippen molar-refractivity contribution >= 4 is 29.2 Å². The van der Waals surface area contributed by atoms with Gasteiger partial charge in [-0.05, 0) is 36.4 Å². The van der Waals surface area contributed by atoms with Crippen molar-refractivity contribution in [2.24, 2.45) is 5.92 Å². The minimum atomic E-state index is -0.908. The summed E-state index contributed by atoms with van der Waals surface area (Å²) in [5.74, 6) is -1.42. The molecule has 2 unspecified atom stereocenters. The average molecular weight is 514 g/mol. The molecule has 0 radical (unpaired) electrons. The van der Waals surface area contributed by atoms with Gasteiger partial charge in [0, 0.05) is 24.4 Å². The first kappa shape index (κ1) is 27.1. The van der Waals surface area contributed by atoms with Crippen molar-refractivity contribution in [2.75, 3.05) is 14.2 Å². The third-order valence-corrected chi connectivity index (χ3v) is 6.64. The Balaban J connectivity index is 2.04. The number of methoxy groups -OCH3 is 2. The van der Waals surface area contributed by atoms with Gasteiger partial charge in [-0.3, -0.25) is 14.6 Å². The summed E-state index contributed by atoms with van der Waals surface area (Å²) < 4.78 is 17.6. The first-order chi connectivity index (χ1) is 17.4. The second-order valence-electron chi connectivity index (χ2n) is 8.26. The predicted molar refractivity (Wildman–Crippen MR) is 134 cm³/mol. The Bertz CT molecular complexity index is 1160. The molecule has 0 aliphatic rings. The van der Waals surface area contributed by atoms with Gasteiger partial charge in [0.05, 0.1) is 43.9 Å². The van der Waals surface area contributed by atoms with Crippen molar-refractivity contribution in [1.29, 1.82) is 0 Å². The van der Waals surface area contributed by atoms with Gasteiger partial charge in [0.1, 0.15) is 11.7 Å². The fourth-order valence-corrected chi connectivity index (χ4v) is 4.69. The Labute approximate surface area is 214 Å². The zero-order valence-electron chi connectivity index (χ0n) is 20.9. The quantitative estimate of drug-likeness (QED) is 0.262. The molecule has 9 nitrogen and oxygen atoms in total. The zero-order valence-corrected chi connectivity index (χ0v) is 21.7. The van der Waals surface area contributed by atoms with E-state index in [1.165, 1.54) is 38.7 Å². The van der Waals surface area contributed by atoms with Gasteiger partial charge in [-0.1, -0.05) is 19.4 Å². The van der Waals surface area contributed by atoms with Gasteiger partial charge >= 0.3 is 17.9 Å². The molecular formula is C26H31N3O6S. The molecule has 0 aromatic carbocycles. The molecule has 36 heavy (non-hydrogen) atoms. The molecule has 0 aliphatic carbocycles. The highest BCUT2D eigenvalue weighted by Crippen LogP contribution is 2.33. The van der Waals surface area contributed by atoms with E-state index in [9.17, 15) is 14.4 Å². The van der Waals surface area contributed by atoms with Crippen molar-refractivity contribution in [3.63, 3.8) is 0 Å². The fourth-order valence-electron chi connectivity index (χ4n) is 3.93. The number of carbonyl (C=O) groups is 3. The minimum Gasteiger partial charge on any atom is -0.469 e. The number of ether oxygens (including phenoxy) is 3. The third kappa shape index (κ3) is 6.78. The summed E-state index contributed by atoms with van der Waals surface area (Å²) in [6, 6.07) is 7.23. The average Bonchev–Trinajstić information content (AvgIpc) is 3.54. The molecule has 0 saturated heterocycles. The number of unbranched alkanes of at least 4 members (excludes halogenated alkanes) is 1. The Morgan fingerprint density at radius 3 is 2.47 bits per heavy atom. The van der Waals surface area contributed by atoms with Gasteiger partial charge in [-0.15, -0.1) is 11.3 Å². The molecule has 0 saturated carbocycles. The molecule has 192 valence electrons. The summed E-state index contributed by atoms with van der Waals surface area (Å²) in [6.07, 6.45) is 5.16. The molecule has 3 heterocycles. The van der Waals surface area contributed by atoms with Gasteiger partial charge in [-0.25, -0.2) is 9.78 Å². The van der Waals surface area contributed by atoms with E-state index in [0.29, 0.717) is 36.3 Å². The largest absolute Gasteiger partial charge is 0.469 e. The van der Waals surface area contributed by atoms with Crippen LogP contribution >= 0.6 is 11.3 Å². The number of aromatic nitrogens is 3. The number of thiophene rings is 1. The van der Waals surface area contributed by atoms with Gasteiger partial charge in [0.15, 0.2) is 6.10 Å². The number of esters is 3. The maximum atomic E-state index is 12.9. The van der Waals surface area contributed by atoms with Crippen LogP contribution in [0, 0.1) is 5.92 Å². The number of carbonyl (C=O) groups excluding carboxylic acids is 3. The van der Waals surface area contributed by atoms with E-state index in [-0.39, 0.29) is 0 Å². The second kappa shape index (κ2) is 13.0. The van der Waals surface area contributed by atoms with Gasteiger partial charge in [0.2, 0.25) is 0 Å². The predicted octanol–water partition coefficient (Wildman–Crippen LogP) is 4.15. The van der Waals surface area contributed by atoms with E-state index in [0.717, 1.165) is 23.5 Å². The number of pyridine rings is 1. The van der Waals surface area contributed by atoms with E-state index in [1.807, 2.05) is 22.1 Å². The summed E-state index contributed by atoms with van der Waals surface area (Å²) in [6.45, 7) is 3.73. The first-order valence-electron chi connectivity index (χ1n) is 11.7. The molecule has 10 heteroatoms. The lowest BCUT2D eigenvalue weighted by Crippen LogP contribution is -2.30. The summed E-state index contributed by atoms with van der Waals surface area (Å²) in [5, 5.41) is 1.93. The van der Waals surface area contributed by atoms with Gasteiger partial charge < -0.3 is 18.8 Å². The van der Waals surface area contributed by atoms with E-state index >= 15 is 0 Å². The number of hydrogen-bond donors (Lipinski definition) is 0. The van der Waals surface area contributed by atoms with Crippen LogP contribution in [0.15, 0.2) is 42.0 Å². The van der Waals surface area contributed by atoms with E-state index in [1.54, 1.807) is 18.3 Å². The smallest absolute Gasteiger partial charge is 0.339 e. The molecule has 0 aliphatic heterocycles. The Kier molecular flexibility index (Phi) is 9.75. The molecule has 3 aromatic rings. The molecule has 3 aromatic heterocycles. The van der Waals surface area contributed by atoms with Crippen LogP contribution in [0.25, 0.3) is 0 Å². The molecule has 0 bridgehead atoms. The van der Waals surface area contributed by atoms with Crippen LogP contribution < -0.4 is 0 Å². The third-order valence-electron chi connectivity index (χ3n) is 5.74. The Morgan fingerprint density at radius 1 is 1.08 bits per heavy atom. The highest BCUT2D eigenvalue weighted by Gasteiger charge is 2.36. The molecular weight excluding hydrogens is 482 g/mol.